The van der Waals surface area contributed by atoms with E-state index in [4.69, 9.17) is 11.5 Å². The highest BCUT2D eigenvalue weighted by Gasteiger charge is 2.18. The van der Waals surface area contributed by atoms with Crippen LogP contribution >= 0.6 is 11.3 Å². The Morgan fingerprint density at radius 1 is 1.52 bits per heavy atom. The van der Waals surface area contributed by atoms with Gasteiger partial charge in [0.05, 0.1) is 6.54 Å². The molecule has 0 aromatic carbocycles. The predicted octanol–water partition coefficient (Wildman–Crippen LogP) is -0.0520. The summed E-state index contributed by atoms with van der Waals surface area (Å²) in [5, 5.41) is 24.2. The lowest BCUT2D eigenvalue weighted by Crippen LogP contribution is -2.38. The second kappa shape index (κ2) is 6.62. The van der Waals surface area contributed by atoms with E-state index in [1.165, 1.54) is 11.3 Å². The van der Waals surface area contributed by atoms with Gasteiger partial charge in [0.1, 0.15) is 13.1 Å². The molecule has 0 aliphatic heterocycles. The Morgan fingerprint density at radius 3 is 2.95 bits per heavy atom. The molecule has 0 unspecified atom stereocenters. The summed E-state index contributed by atoms with van der Waals surface area (Å²) in [7, 11) is 0. The minimum absolute atomic E-state index is 0.0861. The number of carboxylic acid groups (broad SMARTS) is 1. The first-order chi connectivity index (χ1) is 10.1. The zero-order valence-corrected chi connectivity index (χ0v) is 11.7. The molecular formula is C12H11N5O3S. The second-order valence-corrected chi connectivity index (χ2v) is 4.78. The number of nitrogens with zero attached hydrogens (tertiary/aromatic N) is 5. The molecule has 2 heterocycles. The van der Waals surface area contributed by atoms with E-state index in [1.54, 1.807) is 0 Å². The van der Waals surface area contributed by atoms with Crippen molar-refractivity contribution in [1.29, 1.82) is 0 Å². The Balaban J connectivity index is 2.05. The lowest BCUT2D eigenvalue weighted by atomic mass is 10.3. The number of carbonyl (C=O) groups is 2. The third-order valence-electron chi connectivity index (χ3n) is 2.47. The number of aromatic nitrogens is 4. The smallest absolute Gasteiger partial charge is 0.323 e. The minimum atomic E-state index is -1.14. The number of thiophene rings is 1. The Morgan fingerprint density at radius 2 is 2.33 bits per heavy atom. The molecule has 0 fully saturated rings. The highest BCUT2D eigenvalue weighted by atomic mass is 32.1. The van der Waals surface area contributed by atoms with Crippen molar-refractivity contribution >= 4 is 23.2 Å². The third-order valence-corrected chi connectivity index (χ3v) is 3.15. The largest absolute Gasteiger partial charge is 0.480 e. The molecule has 21 heavy (non-hydrogen) atoms. The molecule has 8 nitrogen and oxygen atoms in total. The van der Waals surface area contributed by atoms with Crippen molar-refractivity contribution in [3.8, 4) is 23.7 Å². The summed E-state index contributed by atoms with van der Waals surface area (Å²) in [6, 6.07) is 1.84. The van der Waals surface area contributed by atoms with Gasteiger partial charge >= 0.3 is 5.97 Å². The van der Waals surface area contributed by atoms with Gasteiger partial charge in [0.2, 0.25) is 11.7 Å². The SMILES string of the molecule is C#CCN(CC(=O)O)C(=O)Cn1nnc(-c2ccsc2)n1. The molecule has 0 spiro atoms. The quantitative estimate of drug-likeness (QED) is 0.751. The van der Waals surface area contributed by atoms with Gasteiger partial charge in [-0.15, -0.1) is 16.6 Å². The number of carboxylic acids is 1. The van der Waals surface area contributed by atoms with Crippen LogP contribution in [0.3, 0.4) is 0 Å². The predicted molar refractivity (Wildman–Crippen MR) is 74.2 cm³/mol. The standard InChI is InChI=1S/C12H11N5O3S/c1-2-4-16(7-11(19)20)10(18)6-17-14-12(13-15-17)9-3-5-21-8-9/h1,3,5,8H,4,6-7H2,(H,19,20). The molecule has 9 heteroatoms. The maximum atomic E-state index is 12.0. The molecule has 0 saturated heterocycles. The van der Waals surface area contributed by atoms with Gasteiger partial charge < -0.3 is 10.0 Å². The minimum Gasteiger partial charge on any atom is -0.480 e. The summed E-state index contributed by atoms with van der Waals surface area (Å²) in [6.07, 6.45) is 5.12. The van der Waals surface area contributed by atoms with Crippen molar-refractivity contribution in [2.24, 2.45) is 0 Å². The van der Waals surface area contributed by atoms with Crippen molar-refractivity contribution in [3.05, 3.63) is 16.8 Å². The topological polar surface area (TPSA) is 101 Å². The van der Waals surface area contributed by atoms with Gasteiger partial charge in [-0.2, -0.15) is 16.1 Å². The Kier molecular flexibility index (Phi) is 4.63. The number of hydrogen-bond donors (Lipinski definition) is 1. The highest BCUT2D eigenvalue weighted by Crippen LogP contribution is 2.16. The van der Waals surface area contributed by atoms with Crippen molar-refractivity contribution in [1.82, 2.24) is 25.1 Å². The lowest BCUT2D eigenvalue weighted by molar-refractivity contribution is -0.144. The van der Waals surface area contributed by atoms with Crippen LogP contribution in [-0.4, -0.2) is 55.2 Å². The van der Waals surface area contributed by atoms with Crippen LogP contribution in [0.15, 0.2) is 16.8 Å². The van der Waals surface area contributed by atoms with Crippen LogP contribution < -0.4 is 0 Å². The van der Waals surface area contributed by atoms with E-state index in [0.29, 0.717) is 5.82 Å². The lowest BCUT2D eigenvalue weighted by Gasteiger charge is -2.16. The summed E-state index contributed by atoms with van der Waals surface area (Å²) >= 11 is 1.50. The van der Waals surface area contributed by atoms with Gasteiger partial charge in [-0.05, 0) is 16.7 Å². The van der Waals surface area contributed by atoms with Crippen molar-refractivity contribution in [2.45, 2.75) is 6.54 Å². The van der Waals surface area contributed by atoms with E-state index in [-0.39, 0.29) is 13.1 Å². The first-order valence-electron chi connectivity index (χ1n) is 5.83. The molecule has 0 atom stereocenters. The fourth-order valence-corrected chi connectivity index (χ4v) is 2.18. The first kappa shape index (κ1) is 14.7. The van der Waals surface area contributed by atoms with Crippen molar-refractivity contribution < 1.29 is 14.7 Å². The molecule has 1 amide bonds. The fourth-order valence-electron chi connectivity index (χ4n) is 1.54. The van der Waals surface area contributed by atoms with Crippen LogP contribution in [0.5, 0.6) is 0 Å². The van der Waals surface area contributed by atoms with Gasteiger partial charge in [-0.3, -0.25) is 9.59 Å². The zero-order chi connectivity index (χ0) is 15.2. The molecule has 0 saturated carbocycles. The maximum absolute atomic E-state index is 12.0. The van der Waals surface area contributed by atoms with E-state index >= 15 is 0 Å². The number of hydrogen-bond acceptors (Lipinski definition) is 6. The average molecular weight is 305 g/mol. The van der Waals surface area contributed by atoms with E-state index in [9.17, 15) is 9.59 Å². The molecule has 2 aromatic rings. The van der Waals surface area contributed by atoms with Crippen LogP contribution in [0.4, 0.5) is 0 Å². The highest BCUT2D eigenvalue weighted by molar-refractivity contribution is 7.08. The van der Waals surface area contributed by atoms with Crippen molar-refractivity contribution in [3.63, 3.8) is 0 Å². The van der Waals surface area contributed by atoms with Gasteiger partial charge in [-0.1, -0.05) is 5.92 Å². The van der Waals surface area contributed by atoms with Gasteiger partial charge in [0.25, 0.3) is 0 Å². The fraction of sp³-hybridized carbons (Fsp3) is 0.250. The van der Waals surface area contributed by atoms with Crippen LogP contribution in [0, 0.1) is 12.3 Å². The number of rotatable bonds is 6. The second-order valence-electron chi connectivity index (χ2n) is 4.00. The van der Waals surface area contributed by atoms with Gasteiger partial charge in [0, 0.05) is 10.9 Å². The Labute approximate surface area is 124 Å². The molecule has 0 aliphatic rings. The van der Waals surface area contributed by atoms with Crippen LogP contribution in [0.2, 0.25) is 0 Å². The van der Waals surface area contributed by atoms with E-state index in [0.717, 1.165) is 15.3 Å². The molecule has 2 aromatic heterocycles. The molecule has 1 N–H and O–H groups in total. The van der Waals surface area contributed by atoms with Crippen LogP contribution in [0.25, 0.3) is 11.4 Å². The molecule has 0 bridgehead atoms. The molecular weight excluding hydrogens is 294 g/mol. The van der Waals surface area contributed by atoms with Crippen LogP contribution in [-0.2, 0) is 16.1 Å². The monoisotopic (exact) mass is 305 g/mol. The summed E-state index contributed by atoms with van der Waals surface area (Å²) < 4.78 is 0. The Bertz CT molecular complexity index is 673. The van der Waals surface area contributed by atoms with E-state index < -0.39 is 18.4 Å². The zero-order valence-electron chi connectivity index (χ0n) is 10.8. The summed E-state index contributed by atoms with van der Waals surface area (Å²) in [5.41, 5.74) is 0.810. The Hall–Kier alpha value is -2.73. The molecule has 0 aliphatic carbocycles. The number of amides is 1. The molecule has 0 radical (unpaired) electrons. The number of aliphatic carboxylic acids is 1. The summed E-state index contributed by atoms with van der Waals surface area (Å²) in [4.78, 5) is 24.8. The van der Waals surface area contributed by atoms with Gasteiger partial charge in [-0.25, -0.2) is 0 Å². The summed E-state index contributed by atoms with van der Waals surface area (Å²) in [6.45, 7) is -0.765. The van der Waals surface area contributed by atoms with E-state index in [2.05, 4.69) is 21.3 Å². The summed E-state index contributed by atoms with van der Waals surface area (Å²) in [5.74, 6) is 1.04. The van der Waals surface area contributed by atoms with E-state index in [1.807, 2.05) is 16.8 Å². The maximum Gasteiger partial charge on any atom is 0.323 e. The normalized spacial score (nSPS) is 10.0. The van der Waals surface area contributed by atoms with Crippen molar-refractivity contribution in [2.75, 3.05) is 13.1 Å². The third kappa shape index (κ3) is 3.87. The van der Waals surface area contributed by atoms with Gasteiger partial charge in [0.15, 0.2) is 0 Å². The van der Waals surface area contributed by atoms with Crippen LogP contribution in [0.1, 0.15) is 0 Å². The number of carbonyl (C=O) groups excluding carboxylic acids is 1. The number of terminal acetylenes is 1. The first-order valence-corrected chi connectivity index (χ1v) is 6.78. The molecule has 108 valence electrons. The number of tetrazole rings is 1. The molecule has 2 rings (SSSR count). The average Bonchev–Trinajstić information content (AvgIpc) is 3.07.